The average molecular weight is 329 g/mol. The molecule has 0 aliphatic carbocycles. The van der Waals surface area contributed by atoms with Crippen LogP contribution in [0.5, 0.6) is 0 Å². The molecule has 0 saturated carbocycles. The molecule has 1 aromatic carbocycles. The highest BCUT2D eigenvalue weighted by Gasteiger charge is 2.12. The van der Waals surface area contributed by atoms with Crippen LogP contribution in [0.1, 0.15) is 4.88 Å². The van der Waals surface area contributed by atoms with Crippen molar-refractivity contribution in [3.8, 4) is 0 Å². The summed E-state index contributed by atoms with van der Waals surface area (Å²) in [5.41, 5.74) is 0. The van der Waals surface area contributed by atoms with E-state index in [1.54, 1.807) is 22.4 Å². The molecule has 0 fully saturated rings. The summed E-state index contributed by atoms with van der Waals surface area (Å²) >= 11 is 3.10. The second-order valence-electron chi connectivity index (χ2n) is 4.85. The molecule has 3 rings (SSSR count). The molecule has 2 heterocycles. The van der Waals surface area contributed by atoms with Gasteiger partial charge in [0.2, 0.25) is 5.91 Å². The van der Waals surface area contributed by atoms with E-state index in [-0.39, 0.29) is 5.91 Å². The first kappa shape index (κ1) is 15.0. The van der Waals surface area contributed by atoms with Crippen molar-refractivity contribution in [3.63, 3.8) is 0 Å². The zero-order valence-corrected chi connectivity index (χ0v) is 13.7. The number of nitrogens with zero attached hydrogens (tertiary/aromatic N) is 3. The van der Waals surface area contributed by atoms with Crippen molar-refractivity contribution in [2.24, 2.45) is 0 Å². The van der Waals surface area contributed by atoms with E-state index in [1.807, 2.05) is 48.8 Å². The van der Waals surface area contributed by atoms with Crippen molar-refractivity contribution in [1.82, 2.24) is 15.1 Å². The summed E-state index contributed by atoms with van der Waals surface area (Å²) < 4.78 is 0. The fourth-order valence-corrected chi connectivity index (χ4v) is 3.76. The maximum atomic E-state index is 12.2. The van der Waals surface area contributed by atoms with Gasteiger partial charge in [-0.2, -0.15) is 5.10 Å². The Bertz CT molecular complexity index is 769. The van der Waals surface area contributed by atoms with Crippen LogP contribution in [0.15, 0.2) is 53.0 Å². The van der Waals surface area contributed by atoms with Crippen LogP contribution in [-0.2, 0) is 11.3 Å². The van der Waals surface area contributed by atoms with Gasteiger partial charge in [-0.25, -0.2) is 0 Å². The van der Waals surface area contributed by atoms with Crippen LogP contribution in [0.2, 0.25) is 0 Å². The topological polar surface area (TPSA) is 46.1 Å². The quantitative estimate of drug-likeness (QED) is 0.673. The zero-order chi connectivity index (χ0) is 15.4. The van der Waals surface area contributed by atoms with Gasteiger partial charge in [0.05, 0.1) is 18.5 Å². The fourth-order valence-electron chi connectivity index (χ4n) is 2.07. The first-order chi connectivity index (χ1) is 10.7. The third kappa shape index (κ3) is 3.45. The van der Waals surface area contributed by atoms with Gasteiger partial charge in [0.1, 0.15) is 5.03 Å². The van der Waals surface area contributed by atoms with E-state index in [0.29, 0.717) is 12.3 Å². The Morgan fingerprint density at radius 1 is 1.27 bits per heavy atom. The van der Waals surface area contributed by atoms with Crippen molar-refractivity contribution in [2.75, 3.05) is 12.8 Å². The molecule has 6 heteroatoms. The number of hydrogen-bond acceptors (Lipinski definition) is 5. The Labute approximate surface area is 137 Å². The summed E-state index contributed by atoms with van der Waals surface area (Å²) in [4.78, 5) is 15.2. The van der Waals surface area contributed by atoms with Crippen LogP contribution in [0, 0.1) is 0 Å². The molecule has 0 atom stereocenters. The number of carbonyl (C=O) groups is 1. The van der Waals surface area contributed by atoms with Crippen LogP contribution in [-0.4, -0.2) is 33.8 Å². The number of fused-ring (bicyclic) bond motifs is 1. The number of aromatic nitrogens is 2. The molecule has 0 radical (unpaired) electrons. The second-order valence-corrected chi connectivity index (χ2v) is 6.85. The van der Waals surface area contributed by atoms with Gasteiger partial charge in [-0.15, -0.1) is 16.4 Å². The molecular weight excluding hydrogens is 314 g/mol. The monoisotopic (exact) mass is 329 g/mol. The fraction of sp³-hybridized carbons (Fsp3) is 0.188. The molecule has 0 aliphatic heterocycles. The number of thioether (sulfide) groups is 1. The minimum absolute atomic E-state index is 0.0909. The molecule has 3 aromatic rings. The minimum Gasteiger partial charge on any atom is -0.340 e. The van der Waals surface area contributed by atoms with Crippen molar-refractivity contribution in [3.05, 3.63) is 52.9 Å². The molecule has 2 aromatic heterocycles. The number of amides is 1. The third-order valence-corrected chi connectivity index (χ3v) is 5.10. The van der Waals surface area contributed by atoms with E-state index < -0.39 is 0 Å². The van der Waals surface area contributed by atoms with Gasteiger partial charge >= 0.3 is 0 Å². The maximum absolute atomic E-state index is 12.2. The number of hydrogen-bond donors (Lipinski definition) is 0. The highest BCUT2D eigenvalue weighted by molar-refractivity contribution is 8.00. The molecule has 0 bridgehead atoms. The van der Waals surface area contributed by atoms with Crippen LogP contribution >= 0.6 is 23.1 Å². The lowest BCUT2D eigenvalue weighted by atomic mass is 10.2. The van der Waals surface area contributed by atoms with Crippen molar-refractivity contribution >= 4 is 39.8 Å². The van der Waals surface area contributed by atoms with E-state index >= 15 is 0 Å². The summed E-state index contributed by atoms with van der Waals surface area (Å²) in [6.07, 6.45) is 1.74. The van der Waals surface area contributed by atoms with Gasteiger partial charge in [0.25, 0.3) is 0 Å². The molecule has 0 saturated heterocycles. The average Bonchev–Trinajstić information content (AvgIpc) is 3.05. The lowest BCUT2D eigenvalue weighted by molar-refractivity contribution is -0.127. The largest absolute Gasteiger partial charge is 0.340 e. The van der Waals surface area contributed by atoms with E-state index in [0.717, 1.165) is 15.8 Å². The Balaban J connectivity index is 1.65. The number of rotatable bonds is 5. The molecule has 0 spiro atoms. The Hall–Kier alpha value is -1.92. The lowest BCUT2D eigenvalue weighted by Crippen LogP contribution is -2.27. The lowest BCUT2D eigenvalue weighted by Gasteiger charge is -2.15. The summed E-state index contributed by atoms with van der Waals surface area (Å²) in [6, 6.07) is 12.0. The smallest absolute Gasteiger partial charge is 0.233 e. The standard InChI is InChI=1S/C16H15N3OS2/c1-19(10-13-6-4-8-21-13)15(20)11-22-16-14-7-3-2-5-12(14)9-17-18-16/h2-9H,10-11H2,1H3. The first-order valence-electron chi connectivity index (χ1n) is 6.83. The predicted molar refractivity (Wildman–Crippen MR) is 91.1 cm³/mol. The SMILES string of the molecule is CN(Cc1cccs1)C(=O)CSc1nncc2ccccc12. The molecule has 0 unspecified atom stereocenters. The van der Waals surface area contributed by atoms with Gasteiger partial charge in [-0.05, 0) is 11.4 Å². The molecule has 22 heavy (non-hydrogen) atoms. The maximum Gasteiger partial charge on any atom is 0.233 e. The molecule has 4 nitrogen and oxygen atoms in total. The highest BCUT2D eigenvalue weighted by Crippen LogP contribution is 2.24. The first-order valence-corrected chi connectivity index (χ1v) is 8.70. The molecule has 112 valence electrons. The number of benzene rings is 1. The highest BCUT2D eigenvalue weighted by atomic mass is 32.2. The third-order valence-electron chi connectivity index (χ3n) is 3.27. The predicted octanol–water partition coefficient (Wildman–Crippen LogP) is 3.44. The normalized spacial score (nSPS) is 10.8. The molecular formula is C16H15N3OS2. The van der Waals surface area contributed by atoms with Crippen LogP contribution in [0.4, 0.5) is 0 Å². The van der Waals surface area contributed by atoms with Gasteiger partial charge in [-0.1, -0.05) is 42.1 Å². The minimum atomic E-state index is 0.0909. The van der Waals surface area contributed by atoms with Gasteiger partial charge in [0, 0.05) is 22.7 Å². The summed E-state index contributed by atoms with van der Waals surface area (Å²) in [5, 5.41) is 13.1. The Kier molecular flexibility index (Phi) is 4.70. The summed E-state index contributed by atoms with van der Waals surface area (Å²) in [7, 11) is 1.83. The molecule has 0 N–H and O–H groups in total. The van der Waals surface area contributed by atoms with Crippen molar-refractivity contribution in [1.29, 1.82) is 0 Å². The molecule has 1 amide bonds. The van der Waals surface area contributed by atoms with Crippen LogP contribution < -0.4 is 0 Å². The van der Waals surface area contributed by atoms with Gasteiger partial charge in [-0.3, -0.25) is 4.79 Å². The van der Waals surface area contributed by atoms with E-state index in [2.05, 4.69) is 10.2 Å². The van der Waals surface area contributed by atoms with Crippen LogP contribution in [0.3, 0.4) is 0 Å². The van der Waals surface area contributed by atoms with E-state index in [4.69, 9.17) is 0 Å². The number of carbonyl (C=O) groups excluding carboxylic acids is 1. The van der Waals surface area contributed by atoms with Gasteiger partial charge in [0.15, 0.2) is 0 Å². The Morgan fingerprint density at radius 3 is 2.95 bits per heavy atom. The van der Waals surface area contributed by atoms with Crippen molar-refractivity contribution in [2.45, 2.75) is 11.6 Å². The Morgan fingerprint density at radius 2 is 2.14 bits per heavy atom. The summed E-state index contributed by atoms with van der Waals surface area (Å²) in [6.45, 7) is 0.651. The van der Waals surface area contributed by atoms with E-state index in [1.165, 1.54) is 16.6 Å². The van der Waals surface area contributed by atoms with Crippen molar-refractivity contribution < 1.29 is 4.79 Å². The van der Waals surface area contributed by atoms with Crippen LogP contribution in [0.25, 0.3) is 10.8 Å². The second kappa shape index (κ2) is 6.89. The van der Waals surface area contributed by atoms with E-state index in [9.17, 15) is 4.79 Å². The van der Waals surface area contributed by atoms with Gasteiger partial charge < -0.3 is 4.90 Å². The zero-order valence-electron chi connectivity index (χ0n) is 12.1. The summed E-state index contributed by atoms with van der Waals surface area (Å²) in [5.74, 6) is 0.457. The molecule has 0 aliphatic rings. The number of thiophene rings is 1.